The zero-order chi connectivity index (χ0) is 19.8. The molecule has 0 saturated carbocycles. The van der Waals surface area contributed by atoms with Gasteiger partial charge in [-0.2, -0.15) is 0 Å². The number of rotatable bonds is 14. The Labute approximate surface area is 156 Å². The van der Waals surface area contributed by atoms with E-state index >= 15 is 0 Å². The molecule has 0 aromatic carbocycles. The SMILES string of the molecule is CCCCCC(O)CCO.CCCCCC=O.CCOC(C)OCC. The van der Waals surface area contributed by atoms with Crippen LogP contribution in [-0.4, -0.2) is 48.7 Å². The summed E-state index contributed by atoms with van der Waals surface area (Å²) in [5.74, 6) is 0. The summed E-state index contributed by atoms with van der Waals surface area (Å²) in [6.07, 6.45) is 9.70. The van der Waals surface area contributed by atoms with E-state index in [9.17, 15) is 4.79 Å². The Hall–Kier alpha value is -0.490. The number of hydrogen-bond acceptors (Lipinski definition) is 5. The molecule has 1 unspecified atom stereocenters. The van der Waals surface area contributed by atoms with Gasteiger partial charge in [0, 0.05) is 26.2 Å². The van der Waals surface area contributed by atoms with Crippen LogP contribution in [0.4, 0.5) is 0 Å². The van der Waals surface area contributed by atoms with Gasteiger partial charge in [-0.25, -0.2) is 0 Å². The van der Waals surface area contributed by atoms with Crippen LogP contribution in [0, 0.1) is 0 Å². The topological polar surface area (TPSA) is 76.0 Å². The maximum Gasteiger partial charge on any atom is 0.154 e. The Kier molecular flexibility index (Phi) is 33.2. The Morgan fingerprint density at radius 2 is 1.40 bits per heavy atom. The van der Waals surface area contributed by atoms with E-state index in [1.807, 2.05) is 20.8 Å². The van der Waals surface area contributed by atoms with E-state index in [-0.39, 0.29) is 19.0 Å². The molecule has 0 radical (unpaired) electrons. The van der Waals surface area contributed by atoms with Crippen molar-refractivity contribution in [3.8, 4) is 0 Å². The first kappa shape index (κ1) is 29.3. The second-order valence-electron chi connectivity index (χ2n) is 5.80. The van der Waals surface area contributed by atoms with Crippen molar-refractivity contribution in [3.63, 3.8) is 0 Å². The third-order valence-corrected chi connectivity index (χ3v) is 3.33. The zero-order valence-corrected chi connectivity index (χ0v) is 17.3. The smallest absolute Gasteiger partial charge is 0.154 e. The van der Waals surface area contributed by atoms with Gasteiger partial charge < -0.3 is 24.5 Å². The number of aliphatic hydroxyl groups excluding tert-OH is 2. The second-order valence-corrected chi connectivity index (χ2v) is 5.80. The highest BCUT2D eigenvalue weighted by Gasteiger charge is 2.00. The highest BCUT2D eigenvalue weighted by Crippen LogP contribution is 2.05. The Morgan fingerprint density at radius 1 is 0.880 bits per heavy atom. The monoisotopic (exact) mass is 364 g/mol. The van der Waals surface area contributed by atoms with Crippen LogP contribution < -0.4 is 0 Å². The van der Waals surface area contributed by atoms with Crippen LogP contribution in [0.15, 0.2) is 0 Å². The van der Waals surface area contributed by atoms with Gasteiger partial charge in [-0.3, -0.25) is 0 Å². The van der Waals surface area contributed by atoms with Gasteiger partial charge in [-0.1, -0.05) is 46.0 Å². The summed E-state index contributed by atoms with van der Waals surface area (Å²) in [6, 6.07) is 0. The Bertz CT molecular complexity index is 218. The minimum absolute atomic E-state index is 0.0370. The lowest BCUT2D eigenvalue weighted by molar-refractivity contribution is -0.123. The molecule has 0 aliphatic carbocycles. The summed E-state index contributed by atoms with van der Waals surface area (Å²) >= 11 is 0. The van der Waals surface area contributed by atoms with Crippen LogP contribution in [0.25, 0.3) is 0 Å². The van der Waals surface area contributed by atoms with E-state index in [4.69, 9.17) is 19.7 Å². The molecular formula is C20H44O5. The molecule has 25 heavy (non-hydrogen) atoms. The van der Waals surface area contributed by atoms with Crippen molar-refractivity contribution in [2.45, 2.75) is 105 Å². The zero-order valence-electron chi connectivity index (χ0n) is 17.3. The predicted octanol–water partition coefficient (Wildman–Crippen LogP) is 4.48. The van der Waals surface area contributed by atoms with Gasteiger partial charge in [0.15, 0.2) is 6.29 Å². The van der Waals surface area contributed by atoms with Crippen molar-refractivity contribution in [2.75, 3.05) is 19.8 Å². The average molecular weight is 365 g/mol. The van der Waals surface area contributed by atoms with Crippen LogP contribution in [0.5, 0.6) is 0 Å². The minimum atomic E-state index is -0.281. The van der Waals surface area contributed by atoms with E-state index in [0.29, 0.717) is 6.42 Å². The molecule has 2 N–H and O–H groups in total. The molecule has 0 heterocycles. The van der Waals surface area contributed by atoms with Crippen molar-refractivity contribution in [1.82, 2.24) is 0 Å². The van der Waals surface area contributed by atoms with Crippen LogP contribution in [-0.2, 0) is 14.3 Å². The van der Waals surface area contributed by atoms with Crippen molar-refractivity contribution < 1.29 is 24.5 Å². The first-order valence-corrected chi connectivity index (χ1v) is 9.99. The molecule has 0 rings (SSSR count). The Balaban J connectivity index is -0.000000296. The number of aliphatic hydroxyl groups is 2. The quantitative estimate of drug-likeness (QED) is 0.270. The number of carbonyl (C=O) groups is 1. The van der Waals surface area contributed by atoms with Gasteiger partial charge in [0.1, 0.15) is 6.29 Å². The van der Waals surface area contributed by atoms with Crippen LogP contribution in [0.2, 0.25) is 0 Å². The molecule has 0 spiro atoms. The summed E-state index contributed by atoms with van der Waals surface area (Å²) in [7, 11) is 0. The van der Waals surface area contributed by atoms with Gasteiger partial charge in [0.25, 0.3) is 0 Å². The largest absolute Gasteiger partial charge is 0.396 e. The molecule has 0 bridgehead atoms. The predicted molar refractivity (Wildman–Crippen MR) is 105 cm³/mol. The average Bonchev–Trinajstić information content (AvgIpc) is 2.58. The third kappa shape index (κ3) is 35.5. The molecule has 5 nitrogen and oxygen atoms in total. The van der Waals surface area contributed by atoms with E-state index in [0.717, 1.165) is 45.2 Å². The second kappa shape index (κ2) is 28.3. The lowest BCUT2D eigenvalue weighted by atomic mass is 10.1. The molecule has 154 valence electrons. The van der Waals surface area contributed by atoms with E-state index in [1.54, 1.807) is 0 Å². The van der Waals surface area contributed by atoms with Gasteiger partial charge in [0.05, 0.1) is 6.10 Å². The highest BCUT2D eigenvalue weighted by atomic mass is 16.7. The van der Waals surface area contributed by atoms with E-state index < -0.39 is 0 Å². The molecule has 0 aliphatic rings. The number of hydrogen-bond donors (Lipinski definition) is 2. The fourth-order valence-corrected chi connectivity index (χ4v) is 1.92. The number of unbranched alkanes of at least 4 members (excludes halogenated alkanes) is 5. The number of carbonyl (C=O) groups excluding carboxylic acids is 1. The molecule has 0 amide bonds. The van der Waals surface area contributed by atoms with Crippen LogP contribution in [0.1, 0.15) is 92.4 Å². The van der Waals surface area contributed by atoms with Gasteiger partial charge in [-0.05, 0) is 40.0 Å². The molecule has 1 atom stereocenters. The standard InChI is InChI=1S/C8H18O2.C6H14O2.C6H12O/c1-2-3-4-5-8(10)6-7-9;1-4-7-6(3)8-5-2;1-2-3-4-5-6-7/h8-10H,2-7H2,1H3;6H,4-5H2,1-3H3;6H,2-5H2,1H3. The summed E-state index contributed by atoms with van der Waals surface area (Å²) in [5.41, 5.74) is 0. The van der Waals surface area contributed by atoms with Crippen LogP contribution in [0.3, 0.4) is 0 Å². The number of ether oxygens (including phenoxy) is 2. The Morgan fingerprint density at radius 3 is 1.80 bits per heavy atom. The molecule has 0 fully saturated rings. The number of aldehydes is 1. The summed E-state index contributed by atoms with van der Waals surface area (Å²) in [5, 5.41) is 17.5. The van der Waals surface area contributed by atoms with E-state index in [1.165, 1.54) is 25.7 Å². The normalized spacial score (nSPS) is 11.2. The fraction of sp³-hybridized carbons (Fsp3) is 0.950. The van der Waals surface area contributed by atoms with Crippen molar-refractivity contribution in [1.29, 1.82) is 0 Å². The van der Waals surface area contributed by atoms with Crippen molar-refractivity contribution in [3.05, 3.63) is 0 Å². The summed E-state index contributed by atoms with van der Waals surface area (Å²) < 4.78 is 10.1. The molecule has 0 saturated heterocycles. The summed E-state index contributed by atoms with van der Waals surface area (Å²) in [6.45, 7) is 11.6. The molecule has 0 aliphatic heterocycles. The third-order valence-electron chi connectivity index (χ3n) is 3.33. The van der Waals surface area contributed by atoms with Crippen molar-refractivity contribution >= 4 is 6.29 Å². The molecule has 0 aromatic heterocycles. The first-order chi connectivity index (χ1) is 12.0. The minimum Gasteiger partial charge on any atom is -0.396 e. The molecule has 0 aromatic rings. The van der Waals surface area contributed by atoms with Gasteiger partial charge in [-0.15, -0.1) is 0 Å². The van der Waals surface area contributed by atoms with E-state index in [2.05, 4.69) is 13.8 Å². The van der Waals surface area contributed by atoms with Gasteiger partial charge in [0.2, 0.25) is 0 Å². The lowest BCUT2D eigenvalue weighted by Gasteiger charge is -2.09. The molecular weight excluding hydrogens is 320 g/mol. The lowest BCUT2D eigenvalue weighted by Crippen LogP contribution is -2.11. The van der Waals surface area contributed by atoms with Crippen LogP contribution >= 0.6 is 0 Å². The maximum absolute atomic E-state index is 9.68. The maximum atomic E-state index is 9.68. The summed E-state index contributed by atoms with van der Waals surface area (Å²) in [4.78, 5) is 9.68. The van der Waals surface area contributed by atoms with Crippen molar-refractivity contribution in [2.24, 2.45) is 0 Å². The highest BCUT2D eigenvalue weighted by molar-refractivity contribution is 5.48. The molecule has 5 heteroatoms. The first-order valence-electron chi connectivity index (χ1n) is 9.99. The fourth-order valence-electron chi connectivity index (χ4n) is 1.92. The van der Waals surface area contributed by atoms with Gasteiger partial charge >= 0.3 is 0 Å².